The molecule has 1 aromatic carbocycles. The van der Waals surface area contributed by atoms with E-state index in [0.717, 1.165) is 0 Å². The molecule has 1 aromatic rings. The number of nitriles is 1. The third-order valence-corrected chi connectivity index (χ3v) is 3.32. The molecule has 0 spiro atoms. The van der Waals surface area contributed by atoms with Gasteiger partial charge in [0.1, 0.15) is 0 Å². The van der Waals surface area contributed by atoms with Crippen LogP contribution in [0, 0.1) is 17.2 Å². The first kappa shape index (κ1) is 17.7. The first-order valence-corrected chi connectivity index (χ1v) is 6.92. The molecule has 0 saturated heterocycles. The molecule has 0 aliphatic rings. The second-order valence-electron chi connectivity index (χ2n) is 4.40. The van der Waals surface area contributed by atoms with Crippen LogP contribution in [0.1, 0.15) is 18.4 Å². The molecule has 0 aliphatic carbocycles. The fraction of sp³-hybridized carbons (Fsp3) is 0.312. The number of benzene rings is 1. The number of ether oxygens (including phenoxy) is 2. The van der Waals surface area contributed by atoms with Crippen molar-refractivity contribution < 1.29 is 19.1 Å². The van der Waals surface area contributed by atoms with Gasteiger partial charge in [-0.15, -0.1) is 0 Å². The summed E-state index contributed by atoms with van der Waals surface area (Å²) in [5, 5.41) is 9.84. The Hall–Kier alpha value is -2.32. The first-order chi connectivity index (χ1) is 10.5. The van der Waals surface area contributed by atoms with Crippen molar-refractivity contribution >= 4 is 23.5 Å². The molecule has 6 heteroatoms. The fourth-order valence-electron chi connectivity index (χ4n) is 2.02. The SMILES string of the molecule is C=C(C(=O)OC)C(c1ccc(Cl)cc1)C(C#N)C(=O)OCC. The van der Waals surface area contributed by atoms with Gasteiger partial charge in [0.2, 0.25) is 0 Å². The van der Waals surface area contributed by atoms with E-state index in [4.69, 9.17) is 16.3 Å². The average molecular weight is 322 g/mol. The highest BCUT2D eigenvalue weighted by Gasteiger charge is 2.35. The van der Waals surface area contributed by atoms with Gasteiger partial charge in [0.05, 0.1) is 19.8 Å². The molecule has 2 atom stereocenters. The molecule has 1 rings (SSSR count). The van der Waals surface area contributed by atoms with E-state index in [0.29, 0.717) is 10.6 Å². The van der Waals surface area contributed by atoms with Crippen LogP contribution in [0.3, 0.4) is 0 Å². The zero-order chi connectivity index (χ0) is 16.7. The number of carbonyl (C=O) groups is 2. The molecule has 0 saturated carbocycles. The molecule has 0 radical (unpaired) electrons. The minimum Gasteiger partial charge on any atom is -0.466 e. The van der Waals surface area contributed by atoms with Gasteiger partial charge >= 0.3 is 11.9 Å². The van der Waals surface area contributed by atoms with Crippen molar-refractivity contribution in [1.82, 2.24) is 0 Å². The van der Waals surface area contributed by atoms with Gasteiger partial charge in [-0.2, -0.15) is 5.26 Å². The molecular formula is C16H16ClNO4. The molecule has 116 valence electrons. The standard InChI is InChI=1S/C16H16ClNO4/c1-4-22-16(20)13(9-18)14(10(2)15(19)21-3)11-5-7-12(17)8-6-11/h5-8,13-14H,2,4H2,1,3H3. The third-order valence-electron chi connectivity index (χ3n) is 3.07. The Morgan fingerprint density at radius 1 is 1.36 bits per heavy atom. The Morgan fingerprint density at radius 2 is 1.95 bits per heavy atom. The lowest BCUT2D eigenvalue weighted by Crippen LogP contribution is -2.27. The Balaban J connectivity index is 3.29. The summed E-state index contributed by atoms with van der Waals surface area (Å²) in [4.78, 5) is 23.8. The van der Waals surface area contributed by atoms with E-state index in [1.54, 1.807) is 31.2 Å². The van der Waals surface area contributed by atoms with E-state index >= 15 is 0 Å². The molecule has 0 bridgehead atoms. The number of esters is 2. The molecule has 5 nitrogen and oxygen atoms in total. The highest BCUT2D eigenvalue weighted by Crippen LogP contribution is 2.33. The van der Waals surface area contributed by atoms with Gasteiger partial charge in [0.15, 0.2) is 5.92 Å². The van der Waals surface area contributed by atoms with Crippen LogP contribution in [0.5, 0.6) is 0 Å². The Morgan fingerprint density at radius 3 is 2.41 bits per heavy atom. The van der Waals surface area contributed by atoms with E-state index in [1.165, 1.54) is 7.11 Å². The maximum absolute atomic E-state index is 12.0. The normalized spacial score (nSPS) is 12.6. The second kappa shape index (κ2) is 8.20. The smallest absolute Gasteiger partial charge is 0.333 e. The molecular weight excluding hydrogens is 306 g/mol. The summed E-state index contributed by atoms with van der Waals surface area (Å²) in [7, 11) is 1.21. The minimum atomic E-state index is -1.20. The minimum absolute atomic E-state index is 0.00410. The van der Waals surface area contributed by atoms with E-state index in [2.05, 4.69) is 11.3 Å². The van der Waals surface area contributed by atoms with Gasteiger partial charge in [0.25, 0.3) is 0 Å². The van der Waals surface area contributed by atoms with Crippen LogP contribution in [-0.4, -0.2) is 25.7 Å². The van der Waals surface area contributed by atoms with Crippen LogP contribution in [0.15, 0.2) is 36.4 Å². The molecule has 22 heavy (non-hydrogen) atoms. The van der Waals surface area contributed by atoms with Crippen LogP contribution in [0.2, 0.25) is 5.02 Å². The summed E-state index contributed by atoms with van der Waals surface area (Å²) in [6, 6.07) is 8.35. The van der Waals surface area contributed by atoms with Gasteiger partial charge in [0, 0.05) is 16.5 Å². The Bertz CT molecular complexity index is 604. The maximum Gasteiger partial charge on any atom is 0.333 e. The van der Waals surface area contributed by atoms with Crippen molar-refractivity contribution in [2.24, 2.45) is 5.92 Å². The van der Waals surface area contributed by atoms with Crippen LogP contribution in [-0.2, 0) is 19.1 Å². The second-order valence-corrected chi connectivity index (χ2v) is 4.84. The van der Waals surface area contributed by atoms with Crippen molar-refractivity contribution in [3.63, 3.8) is 0 Å². The molecule has 0 N–H and O–H groups in total. The Kier molecular flexibility index (Phi) is 6.61. The predicted octanol–water partition coefficient (Wildman–Crippen LogP) is 2.86. The largest absolute Gasteiger partial charge is 0.466 e. The van der Waals surface area contributed by atoms with Crippen molar-refractivity contribution in [1.29, 1.82) is 5.26 Å². The van der Waals surface area contributed by atoms with Crippen LogP contribution >= 0.6 is 11.6 Å². The zero-order valence-corrected chi connectivity index (χ0v) is 13.1. The predicted molar refractivity (Wildman–Crippen MR) is 81.1 cm³/mol. The number of hydrogen-bond acceptors (Lipinski definition) is 5. The van der Waals surface area contributed by atoms with Crippen LogP contribution < -0.4 is 0 Å². The molecule has 0 aliphatic heterocycles. The van der Waals surface area contributed by atoms with Crippen LogP contribution in [0.4, 0.5) is 0 Å². The van der Waals surface area contributed by atoms with E-state index in [-0.39, 0.29) is 12.2 Å². The van der Waals surface area contributed by atoms with Gasteiger partial charge < -0.3 is 9.47 Å². The van der Waals surface area contributed by atoms with Gasteiger partial charge in [-0.3, -0.25) is 4.79 Å². The molecule has 0 fully saturated rings. The van der Waals surface area contributed by atoms with Crippen molar-refractivity contribution in [3.05, 3.63) is 47.0 Å². The lowest BCUT2D eigenvalue weighted by molar-refractivity contribution is -0.146. The zero-order valence-electron chi connectivity index (χ0n) is 12.3. The van der Waals surface area contributed by atoms with E-state index in [1.807, 2.05) is 6.07 Å². The summed E-state index contributed by atoms with van der Waals surface area (Å²) < 4.78 is 9.55. The summed E-state index contributed by atoms with van der Waals surface area (Å²) in [5.41, 5.74) is 0.559. The molecule has 0 heterocycles. The van der Waals surface area contributed by atoms with E-state index in [9.17, 15) is 14.9 Å². The van der Waals surface area contributed by atoms with Crippen molar-refractivity contribution in [3.8, 4) is 6.07 Å². The highest BCUT2D eigenvalue weighted by atomic mass is 35.5. The quantitative estimate of drug-likeness (QED) is 0.595. The number of nitrogens with zero attached hydrogens (tertiary/aromatic N) is 1. The lowest BCUT2D eigenvalue weighted by Gasteiger charge is -2.22. The first-order valence-electron chi connectivity index (χ1n) is 6.55. The van der Waals surface area contributed by atoms with Crippen LogP contribution in [0.25, 0.3) is 0 Å². The van der Waals surface area contributed by atoms with Crippen molar-refractivity contribution in [2.45, 2.75) is 12.8 Å². The summed E-state index contributed by atoms with van der Waals surface area (Å²) >= 11 is 5.84. The van der Waals surface area contributed by atoms with Gasteiger partial charge in [-0.1, -0.05) is 30.3 Å². The Labute approximate surface area is 134 Å². The van der Waals surface area contributed by atoms with Crippen molar-refractivity contribution in [2.75, 3.05) is 13.7 Å². The van der Waals surface area contributed by atoms with E-state index < -0.39 is 23.8 Å². The molecule has 2 unspecified atom stereocenters. The average Bonchev–Trinajstić information content (AvgIpc) is 2.52. The number of rotatable bonds is 6. The van der Waals surface area contributed by atoms with Gasteiger partial charge in [-0.05, 0) is 24.6 Å². The maximum atomic E-state index is 12.0. The highest BCUT2D eigenvalue weighted by molar-refractivity contribution is 6.30. The fourth-order valence-corrected chi connectivity index (χ4v) is 2.14. The summed E-state index contributed by atoms with van der Waals surface area (Å²) in [6.45, 7) is 5.44. The summed E-state index contributed by atoms with van der Waals surface area (Å²) in [6.07, 6.45) is 0. The number of methoxy groups -OCH3 is 1. The number of halogens is 1. The molecule has 0 amide bonds. The third kappa shape index (κ3) is 4.09. The number of carbonyl (C=O) groups excluding carboxylic acids is 2. The van der Waals surface area contributed by atoms with Gasteiger partial charge in [-0.25, -0.2) is 4.79 Å². The number of hydrogen-bond donors (Lipinski definition) is 0. The molecule has 0 aromatic heterocycles. The lowest BCUT2D eigenvalue weighted by atomic mass is 9.81. The summed E-state index contributed by atoms with van der Waals surface area (Å²) in [5.74, 6) is -3.47. The monoisotopic (exact) mass is 321 g/mol. The topological polar surface area (TPSA) is 76.4 Å².